The van der Waals surface area contributed by atoms with E-state index in [-0.39, 0.29) is 35.1 Å². The second-order valence-corrected chi connectivity index (χ2v) is 10.2. The fourth-order valence-electron chi connectivity index (χ4n) is 4.96. The topological polar surface area (TPSA) is 134 Å². The third kappa shape index (κ3) is 5.42. The lowest BCUT2D eigenvalue weighted by molar-refractivity contribution is 0.0730. The molecule has 6 rings (SSSR count). The maximum atomic E-state index is 12.9. The van der Waals surface area contributed by atoms with Gasteiger partial charge in [-0.3, -0.25) is 0 Å². The summed E-state index contributed by atoms with van der Waals surface area (Å²) in [5, 5.41) is 11.2. The van der Waals surface area contributed by atoms with Crippen molar-refractivity contribution in [3.63, 3.8) is 0 Å². The van der Waals surface area contributed by atoms with E-state index < -0.39 is 17.5 Å². The van der Waals surface area contributed by atoms with Gasteiger partial charge in [0.2, 0.25) is 5.88 Å². The van der Waals surface area contributed by atoms with Crippen LogP contribution in [0.4, 0.5) is 0 Å². The molecular weight excluding hydrogens is 584 g/mol. The molecule has 0 saturated carbocycles. The summed E-state index contributed by atoms with van der Waals surface area (Å²) >= 11 is 6.27. The first-order valence-electron chi connectivity index (χ1n) is 13.4. The van der Waals surface area contributed by atoms with E-state index in [2.05, 4.69) is 6.07 Å². The van der Waals surface area contributed by atoms with Crippen molar-refractivity contribution in [2.75, 3.05) is 7.11 Å². The van der Waals surface area contributed by atoms with Gasteiger partial charge >= 0.3 is 11.6 Å². The van der Waals surface area contributed by atoms with E-state index in [1.165, 1.54) is 19.2 Å². The maximum Gasteiger partial charge on any atom is 0.351 e. The van der Waals surface area contributed by atoms with Gasteiger partial charge in [-0.1, -0.05) is 60.1 Å². The molecule has 0 saturated heterocycles. The molecule has 218 valence electrons. The number of nitrogens with two attached hydrogens (primary N) is 1. The van der Waals surface area contributed by atoms with Gasteiger partial charge in [0.25, 0.3) is 0 Å². The number of rotatable bonds is 7. The summed E-state index contributed by atoms with van der Waals surface area (Å²) in [6.07, 6.45) is 0. The van der Waals surface area contributed by atoms with Crippen molar-refractivity contribution in [2.45, 2.75) is 12.5 Å². The van der Waals surface area contributed by atoms with Crippen molar-refractivity contribution in [1.29, 1.82) is 5.26 Å². The highest BCUT2D eigenvalue weighted by Gasteiger charge is 2.32. The molecule has 1 unspecified atom stereocenters. The first-order chi connectivity index (χ1) is 21.4. The molecule has 9 nitrogen and oxygen atoms in total. The van der Waals surface area contributed by atoms with Crippen LogP contribution >= 0.6 is 11.6 Å². The number of carbonyl (C=O) groups is 1. The summed E-state index contributed by atoms with van der Waals surface area (Å²) < 4.78 is 28.1. The van der Waals surface area contributed by atoms with Gasteiger partial charge < -0.3 is 29.1 Å². The van der Waals surface area contributed by atoms with Crippen LogP contribution in [0.5, 0.6) is 23.0 Å². The Morgan fingerprint density at radius 3 is 2.59 bits per heavy atom. The molecule has 0 amide bonds. The standard InChI is InChI=1S/C34H23ClN2O7/c1-40-30-15-20(10-13-28(30)41-18-21-7-2-4-8-26(21)35)31-23-12-11-22(16-29(23)43-32(37)25(31)17-36)42-33(38)24-14-19-6-3-5-9-27(19)44-34(24)39/h2-16,31H,18,37H2,1H3. The van der Waals surface area contributed by atoms with Gasteiger partial charge in [-0.2, -0.15) is 5.26 Å². The molecule has 0 radical (unpaired) electrons. The number of carbonyl (C=O) groups excluding carboxylic acids is 1. The lowest BCUT2D eigenvalue weighted by Gasteiger charge is -2.27. The second-order valence-electron chi connectivity index (χ2n) is 9.79. The fourth-order valence-corrected chi connectivity index (χ4v) is 5.15. The number of halogens is 1. The van der Waals surface area contributed by atoms with Gasteiger partial charge in [-0.25, -0.2) is 9.59 Å². The Morgan fingerprint density at radius 2 is 1.80 bits per heavy atom. The minimum absolute atomic E-state index is 0.0957. The predicted molar refractivity (Wildman–Crippen MR) is 162 cm³/mol. The van der Waals surface area contributed by atoms with Gasteiger partial charge in [0.05, 0.1) is 13.0 Å². The molecule has 0 bridgehead atoms. The first-order valence-corrected chi connectivity index (χ1v) is 13.7. The van der Waals surface area contributed by atoms with E-state index in [9.17, 15) is 14.9 Å². The van der Waals surface area contributed by atoms with Gasteiger partial charge in [-0.05, 0) is 42.0 Å². The van der Waals surface area contributed by atoms with Gasteiger partial charge in [0.15, 0.2) is 11.5 Å². The molecule has 2 N–H and O–H groups in total. The van der Waals surface area contributed by atoms with Crippen molar-refractivity contribution in [1.82, 2.24) is 0 Å². The maximum absolute atomic E-state index is 12.9. The van der Waals surface area contributed by atoms with E-state index >= 15 is 0 Å². The Morgan fingerprint density at radius 1 is 1.00 bits per heavy atom. The van der Waals surface area contributed by atoms with Crippen molar-refractivity contribution < 1.29 is 28.2 Å². The molecule has 10 heteroatoms. The molecule has 4 aromatic carbocycles. The lowest BCUT2D eigenvalue weighted by atomic mass is 9.83. The highest BCUT2D eigenvalue weighted by Crippen LogP contribution is 2.45. The fraction of sp³-hybridized carbons (Fsp3) is 0.0882. The molecule has 5 aromatic rings. The van der Waals surface area contributed by atoms with Crippen LogP contribution in [0.1, 0.15) is 33.0 Å². The lowest BCUT2D eigenvalue weighted by Crippen LogP contribution is -2.22. The number of hydrogen-bond donors (Lipinski definition) is 1. The molecule has 0 aliphatic carbocycles. The number of para-hydroxylation sites is 1. The average molecular weight is 607 g/mol. The van der Waals surface area contributed by atoms with E-state index in [1.54, 1.807) is 54.6 Å². The van der Waals surface area contributed by atoms with E-state index in [0.29, 0.717) is 38.6 Å². The number of hydrogen-bond acceptors (Lipinski definition) is 9. The average Bonchev–Trinajstić information content (AvgIpc) is 3.03. The van der Waals surface area contributed by atoms with E-state index in [1.807, 2.05) is 24.3 Å². The number of methoxy groups -OCH3 is 1. The molecule has 0 fully saturated rings. The van der Waals surface area contributed by atoms with Crippen LogP contribution in [0.2, 0.25) is 5.02 Å². The number of ether oxygens (including phenoxy) is 4. The van der Waals surface area contributed by atoms with Crippen LogP contribution in [0.3, 0.4) is 0 Å². The molecule has 1 atom stereocenters. The highest BCUT2D eigenvalue weighted by atomic mass is 35.5. The molecule has 1 aliphatic rings. The number of fused-ring (bicyclic) bond motifs is 2. The van der Waals surface area contributed by atoms with Crippen LogP contribution in [0, 0.1) is 11.3 Å². The zero-order valence-corrected chi connectivity index (χ0v) is 24.0. The van der Waals surface area contributed by atoms with Crippen molar-refractivity contribution in [2.24, 2.45) is 5.73 Å². The van der Waals surface area contributed by atoms with Crippen LogP contribution in [0.25, 0.3) is 11.0 Å². The highest BCUT2D eigenvalue weighted by molar-refractivity contribution is 6.31. The largest absolute Gasteiger partial charge is 0.493 e. The summed E-state index contributed by atoms with van der Waals surface area (Å²) in [6, 6.07) is 27.8. The summed E-state index contributed by atoms with van der Waals surface area (Å²) in [5.41, 5.74) is 7.77. The van der Waals surface area contributed by atoms with Gasteiger partial charge in [0, 0.05) is 27.6 Å². The third-order valence-corrected chi connectivity index (χ3v) is 7.49. The third-order valence-electron chi connectivity index (χ3n) is 7.12. The Bertz CT molecular complexity index is 2060. The van der Waals surface area contributed by atoms with Gasteiger partial charge in [0.1, 0.15) is 40.9 Å². The van der Waals surface area contributed by atoms with Crippen molar-refractivity contribution in [3.8, 4) is 29.1 Å². The molecular formula is C34H23ClN2O7. The molecule has 1 aromatic heterocycles. The Labute approximate surface area is 256 Å². The Balaban J connectivity index is 1.29. The zero-order chi connectivity index (χ0) is 30.8. The van der Waals surface area contributed by atoms with E-state index in [0.717, 1.165) is 5.56 Å². The summed E-state index contributed by atoms with van der Waals surface area (Å²) in [5.74, 6) is -0.295. The number of benzene rings is 4. The predicted octanol–water partition coefficient (Wildman–Crippen LogP) is 6.47. The molecule has 44 heavy (non-hydrogen) atoms. The molecule has 0 spiro atoms. The minimum atomic E-state index is -0.893. The van der Waals surface area contributed by atoms with Crippen molar-refractivity contribution in [3.05, 3.63) is 140 Å². The number of nitriles is 1. The van der Waals surface area contributed by atoms with E-state index in [4.69, 9.17) is 40.7 Å². The van der Waals surface area contributed by atoms with Crippen molar-refractivity contribution >= 4 is 28.5 Å². The summed E-state index contributed by atoms with van der Waals surface area (Å²) in [7, 11) is 1.52. The van der Waals surface area contributed by atoms with Crippen LogP contribution in [-0.4, -0.2) is 13.1 Å². The number of allylic oxidation sites excluding steroid dienone is 1. The van der Waals surface area contributed by atoms with Gasteiger partial charge in [-0.15, -0.1) is 0 Å². The zero-order valence-electron chi connectivity index (χ0n) is 23.2. The summed E-state index contributed by atoms with van der Waals surface area (Å²) in [4.78, 5) is 25.4. The Kier molecular flexibility index (Phi) is 7.67. The normalized spacial score (nSPS) is 13.9. The second kappa shape index (κ2) is 11.9. The minimum Gasteiger partial charge on any atom is -0.493 e. The Hall–Kier alpha value is -5.72. The first kappa shape index (κ1) is 28.4. The summed E-state index contributed by atoms with van der Waals surface area (Å²) in [6.45, 7) is 0.231. The number of esters is 1. The van der Waals surface area contributed by atoms with Crippen LogP contribution in [-0.2, 0) is 6.61 Å². The quantitative estimate of drug-likeness (QED) is 0.126. The smallest absolute Gasteiger partial charge is 0.351 e. The SMILES string of the molecule is COc1cc(C2C(C#N)=C(N)Oc3cc(OC(=O)c4cc5ccccc5oc4=O)ccc32)ccc1OCc1ccccc1Cl. The molecule has 2 heterocycles. The monoisotopic (exact) mass is 606 g/mol. The molecule has 1 aliphatic heterocycles. The van der Waals surface area contributed by atoms with Crippen LogP contribution in [0.15, 0.2) is 112 Å². The number of nitrogens with zero attached hydrogens (tertiary/aromatic N) is 1. The van der Waals surface area contributed by atoms with Crippen LogP contribution < -0.4 is 30.3 Å².